The highest BCUT2D eigenvalue weighted by Crippen LogP contribution is 2.21. The third-order valence-corrected chi connectivity index (χ3v) is 9.56. The first-order valence-corrected chi connectivity index (χ1v) is 19.5. The Hall–Kier alpha value is -4.91. The summed E-state index contributed by atoms with van der Waals surface area (Å²) in [5.41, 5.74) is 17.4. The molecular weight excluding hydrogens is 745 g/mol. The molecule has 1 heterocycles. The van der Waals surface area contributed by atoms with E-state index in [0.29, 0.717) is 12.0 Å². The molecule has 1 fully saturated rings. The van der Waals surface area contributed by atoms with Crippen LogP contribution in [0.2, 0.25) is 0 Å². The van der Waals surface area contributed by atoms with Crippen LogP contribution in [0.15, 0.2) is 35.3 Å². The van der Waals surface area contributed by atoms with Crippen LogP contribution in [0, 0.1) is 11.8 Å². The maximum absolute atomic E-state index is 14.2. The number of aliphatic carboxylic acids is 1. The summed E-state index contributed by atoms with van der Waals surface area (Å²) in [5, 5.41) is 22.8. The van der Waals surface area contributed by atoms with Gasteiger partial charge >= 0.3 is 5.97 Å². The van der Waals surface area contributed by atoms with Crippen molar-refractivity contribution in [1.29, 1.82) is 0 Å². The van der Waals surface area contributed by atoms with Crippen LogP contribution in [0.1, 0.15) is 72.3 Å². The van der Waals surface area contributed by atoms with Gasteiger partial charge in [-0.25, -0.2) is 4.79 Å². The largest absolute Gasteiger partial charge is 0.480 e. The number of carboxylic acids is 1. The highest BCUT2D eigenvalue weighted by atomic mass is 32.1. The number of amides is 6. The summed E-state index contributed by atoms with van der Waals surface area (Å²) in [4.78, 5) is 98.0. The lowest BCUT2D eigenvalue weighted by Gasteiger charge is -2.31. The van der Waals surface area contributed by atoms with Gasteiger partial charge in [0, 0.05) is 25.3 Å². The van der Waals surface area contributed by atoms with E-state index in [0.717, 1.165) is 0 Å². The zero-order chi connectivity index (χ0) is 42.1. The zero-order valence-corrected chi connectivity index (χ0v) is 33.7. The van der Waals surface area contributed by atoms with E-state index in [2.05, 4.69) is 44.2 Å². The fourth-order valence-electron chi connectivity index (χ4n) is 6.10. The molecule has 0 spiro atoms. The van der Waals surface area contributed by atoms with Crippen LogP contribution >= 0.6 is 12.6 Å². The molecule has 1 aromatic rings. The first-order valence-electron chi connectivity index (χ1n) is 18.9. The summed E-state index contributed by atoms with van der Waals surface area (Å²) in [7, 11) is 0. The fourth-order valence-corrected chi connectivity index (χ4v) is 6.27. The quantitative estimate of drug-likeness (QED) is 0.0286. The lowest BCUT2D eigenvalue weighted by molar-refractivity contribution is -0.143. The Labute approximate surface area is 333 Å². The molecule has 0 aliphatic carbocycles. The number of rotatable bonds is 22. The van der Waals surface area contributed by atoms with Crippen molar-refractivity contribution in [3.63, 3.8) is 0 Å². The first kappa shape index (κ1) is 47.2. The van der Waals surface area contributed by atoms with Gasteiger partial charge in [0.1, 0.15) is 36.3 Å². The fraction of sp³-hybridized carbons (Fsp3) is 0.622. The van der Waals surface area contributed by atoms with Gasteiger partial charge < -0.3 is 53.8 Å². The Bertz CT molecular complexity index is 1540. The number of benzene rings is 1. The smallest absolute Gasteiger partial charge is 0.326 e. The number of nitrogens with one attached hydrogen (secondary N) is 5. The van der Waals surface area contributed by atoms with Crippen molar-refractivity contribution < 1.29 is 38.7 Å². The molecule has 19 heteroatoms. The summed E-state index contributed by atoms with van der Waals surface area (Å²) in [5.74, 6) is -5.47. The number of nitrogens with two attached hydrogens (primary N) is 3. The van der Waals surface area contributed by atoms with Gasteiger partial charge in [-0.05, 0) is 56.4 Å². The molecule has 1 aliphatic rings. The van der Waals surface area contributed by atoms with E-state index in [1.54, 1.807) is 44.2 Å². The number of thiol groups is 1. The van der Waals surface area contributed by atoms with E-state index >= 15 is 0 Å². The molecule has 18 nitrogen and oxygen atoms in total. The monoisotopic (exact) mass is 804 g/mol. The highest BCUT2D eigenvalue weighted by molar-refractivity contribution is 7.80. The van der Waals surface area contributed by atoms with Gasteiger partial charge in [-0.15, -0.1) is 0 Å². The molecule has 12 N–H and O–H groups in total. The van der Waals surface area contributed by atoms with E-state index in [1.807, 2.05) is 13.8 Å². The number of aliphatic imine (C=N–C) groups is 1. The van der Waals surface area contributed by atoms with Crippen molar-refractivity contribution in [2.24, 2.45) is 34.0 Å². The lowest BCUT2D eigenvalue weighted by atomic mass is 10.0. The van der Waals surface area contributed by atoms with Crippen molar-refractivity contribution in [1.82, 2.24) is 31.5 Å². The minimum absolute atomic E-state index is 0.0165. The van der Waals surface area contributed by atoms with Gasteiger partial charge in [-0.1, -0.05) is 58.0 Å². The Morgan fingerprint density at radius 1 is 0.857 bits per heavy atom. The second-order valence-electron chi connectivity index (χ2n) is 14.7. The summed E-state index contributed by atoms with van der Waals surface area (Å²) in [6.07, 6.45) is 1.34. The molecule has 1 aliphatic heterocycles. The predicted octanol–water partition coefficient (Wildman–Crippen LogP) is -1.24. The second-order valence-corrected chi connectivity index (χ2v) is 15.1. The highest BCUT2D eigenvalue weighted by Gasteiger charge is 2.40. The van der Waals surface area contributed by atoms with Gasteiger partial charge in [0.2, 0.25) is 35.4 Å². The molecule has 0 radical (unpaired) electrons. The van der Waals surface area contributed by atoms with Crippen LogP contribution < -0.4 is 43.8 Å². The van der Waals surface area contributed by atoms with Crippen LogP contribution in [0.3, 0.4) is 0 Å². The van der Waals surface area contributed by atoms with Crippen LogP contribution in [-0.4, -0.2) is 119 Å². The summed E-state index contributed by atoms with van der Waals surface area (Å²) >= 11 is 4.05. The molecule has 6 amide bonds. The Balaban J connectivity index is 2.32. The number of carbonyl (C=O) groups is 7. The average molecular weight is 805 g/mol. The number of hydrogen-bond donors (Lipinski definition) is 10. The Morgan fingerprint density at radius 3 is 2.07 bits per heavy atom. The normalized spacial score (nSPS) is 17.1. The van der Waals surface area contributed by atoms with Crippen molar-refractivity contribution >= 4 is 60.0 Å². The van der Waals surface area contributed by atoms with E-state index < -0.39 is 83.7 Å². The standard InChI is InChI=1S/C37H60N10O8S/c1-20(2)17-27(36(54)55)45-30(48)22(5)42-32(50)26(18-23-11-7-6-8-12-23)44-33(51)28-14-10-16-47(28)35(53)25(13-9-15-41-37(39)40)43-34(52)29(21(3)4)46-31(49)24(38)19-56/h6-8,11-12,20-22,24-29,56H,9-10,13-19,38H2,1-5H3,(H,42,50)(H,43,52)(H,44,51)(H,45,48)(H,46,49)(H,54,55)(H4,39,40,41)/t22-,24-,25-,26-,27-,28-,29-/m0/s1. The number of likely N-dealkylation sites (tertiary alicyclic amines) is 1. The summed E-state index contributed by atoms with van der Waals surface area (Å²) in [6, 6.07) is 1.26. The average Bonchev–Trinajstić information content (AvgIpc) is 3.64. The summed E-state index contributed by atoms with van der Waals surface area (Å²) in [6.45, 7) is 8.85. The molecule has 0 saturated carbocycles. The van der Waals surface area contributed by atoms with E-state index in [-0.39, 0.29) is 68.7 Å². The van der Waals surface area contributed by atoms with E-state index in [4.69, 9.17) is 17.2 Å². The number of carboxylic acid groups (broad SMARTS) is 1. The maximum atomic E-state index is 14.2. The van der Waals surface area contributed by atoms with E-state index in [1.165, 1.54) is 11.8 Å². The second kappa shape index (κ2) is 23.2. The summed E-state index contributed by atoms with van der Waals surface area (Å²) < 4.78 is 0. The molecule has 0 bridgehead atoms. The molecule has 7 atom stereocenters. The number of guanidine groups is 1. The van der Waals surface area contributed by atoms with Gasteiger partial charge in [0.15, 0.2) is 5.96 Å². The molecule has 1 saturated heterocycles. The number of hydrogen-bond acceptors (Lipinski definition) is 10. The maximum Gasteiger partial charge on any atom is 0.326 e. The van der Waals surface area contributed by atoms with Crippen LogP contribution in [0.25, 0.3) is 0 Å². The Morgan fingerprint density at radius 2 is 1.50 bits per heavy atom. The van der Waals surface area contributed by atoms with Crippen LogP contribution in [-0.2, 0) is 40.0 Å². The van der Waals surface area contributed by atoms with Gasteiger partial charge in [0.25, 0.3) is 0 Å². The molecule has 1 aromatic carbocycles. The van der Waals surface area contributed by atoms with Crippen LogP contribution in [0.4, 0.5) is 0 Å². The number of carbonyl (C=O) groups excluding carboxylic acids is 6. The zero-order valence-electron chi connectivity index (χ0n) is 32.8. The molecule has 312 valence electrons. The molecule has 0 aromatic heterocycles. The van der Waals surface area contributed by atoms with Crippen LogP contribution in [0.5, 0.6) is 0 Å². The molecule has 56 heavy (non-hydrogen) atoms. The minimum atomic E-state index is -1.20. The van der Waals surface area contributed by atoms with Crippen molar-refractivity contribution in [2.45, 2.75) is 115 Å². The SMILES string of the molecule is CC(C)C[C@H](NC(=O)[C@H](C)NC(=O)[C@H](Cc1ccccc1)NC(=O)[C@@H]1CCCN1C(=O)[C@H](CCCN=C(N)N)NC(=O)[C@@H](NC(=O)[C@@H](N)CS)C(C)C)C(=O)O. The van der Waals surface area contributed by atoms with Gasteiger partial charge in [-0.3, -0.25) is 33.8 Å². The van der Waals surface area contributed by atoms with Crippen molar-refractivity contribution in [3.8, 4) is 0 Å². The topological polar surface area (TPSA) is 294 Å². The van der Waals surface area contributed by atoms with Crippen molar-refractivity contribution in [2.75, 3.05) is 18.8 Å². The molecule has 2 rings (SSSR count). The lowest BCUT2D eigenvalue weighted by Crippen LogP contribution is -2.60. The minimum Gasteiger partial charge on any atom is -0.480 e. The third kappa shape index (κ3) is 15.3. The number of nitrogens with zero attached hydrogens (tertiary/aromatic N) is 2. The Kier molecular flexibility index (Phi) is 19.6. The van der Waals surface area contributed by atoms with Gasteiger partial charge in [0.05, 0.1) is 6.04 Å². The third-order valence-electron chi connectivity index (χ3n) is 9.17. The first-order chi connectivity index (χ1) is 26.4. The molecule has 0 unspecified atom stereocenters. The molecular formula is C37H60N10O8S. The predicted molar refractivity (Wildman–Crippen MR) is 214 cm³/mol. The van der Waals surface area contributed by atoms with Gasteiger partial charge in [-0.2, -0.15) is 12.6 Å². The van der Waals surface area contributed by atoms with E-state index in [9.17, 15) is 38.7 Å². The van der Waals surface area contributed by atoms with Crippen molar-refractivity contribution in [3.05, 3.63) is 35.9 Å².